The van der Waals surface area contributed by atoms with Crippen molar-refractivity contribution in [1.82, 2.24) is 20.2 Å². The van der Waals surface area contributed by atoms with Crippen molar-refractivity contribution in [2.75, 3.05) is 5.32 Å². The lowest BCUT2D eigenvalue weighted by Crippen LogP contribution is -2.38. The predicted molar refractivity (Wildman–Crippen MR) is 104 cm³/mol. The molecule has 0 bridgehead atoms. The monoisotopic (exact) mass is 399 g/mol. The Kier molecular flexibility index (Phi) is 4.85. The molecule has 0 saturated heterocycles. The molecule has 1 aliphatic carbocycles. The molecule has 4 rings (SSSR count). The zero-order valence-electron chi connectivity index (χ0n) is 15.3. The van der Waals surface area contributed by atoms with Gasteiger partial charge in [0, 0.05) is 10.7 Å². The number of aromatic nitrogens is 4. The quantitative estimate of drug-likeness (QED) is 0.713. The number of nitrogens with one attached hydrogen (secondary N) is 1. The van der Waals surface area contributed by atoms with Gasteiger partial charge in [-0.3, -0.25) is 4.79 Å². The predicted octanol–water partition coefficient (Wildman–Crippen LogP) is 4.21. The Morgan fingerprint density at radius 3 is 2.68 bits per heavy atom. The van der Waals surface area contributed by atoms with Crippen LogP contribution in [0.4, 0.5) is 10.1 Å². The van der Waals surface area contributed by atoms with Gasteiger partial charge in [0.15, 0.2) is 5.82 Å². The normalized spacial score (nSPS) is 15.5. The largest absolute Gasteiger partial charge is 0.325 e. The van der Waals surface area contributed by atoms with E-state index in [1.54, 1.807) is 13.0 Å². The van der Waals surface area contributed by atoms with E-state index in [0.29, 0.717) is 16.5 Å². The molecule has 0 radical (unpaired) electrons. The van der Waals surface area contributed by atoms with E-state index in [1.165, 1.54) is 22.9 Å². The van der Waals surface area contributed by atoms with Crippen LogP contribution in [0, 0.1) is 12.7 Å². The lowest BCUT2D eigenvalue weighted by atomic mass is 9.78. The summed E-state index contributed by atoms with van der Waals surface area (Å²) in [7, 11) is 0. The molecule has 1 amide bonds. The first-order chi connectivity index (χ1) is 13.5. The standard InChI is InChI=1S/C20H19ClFN5O/c1-13-24-25-26-27(13)18-12-16(7-8-17(18)22)23-19(28)20(9-2-3-10-20)14-5-4-6-15(21)11-14/h4-8,11-12H,2-3,9-10H2,1H3,(H,23,28). The third kappa shape index (κ3) is 3.26. The molecule has 0 atom stereocenters. The van der Waals surface area contributed by atoms with Crippen molar-refractivity contribution in [3.8, 4) is 5.69 Å². The molecule has 0 spiro atoms. The van der Waals surface area contributed by atoms with Crippen LogP contribution in [0.5, 0.6) is 0 Å². The molecule has 1 N–H and O–H groups in total. The SMILES string of the molecule is Cc1nnnn1-c1cc(NC(=O)C2(c3cccc(Cl)c3)CCCC2)ccc1F. The molecule has 2 aromatic carbocycles. The highest BCUT2D eigenvalue weighted by molar-refractivity contribution is 6.30. The smallest absolute Gasteiger partial charge is 0.235 e. The second-order valence-corrected chi connectivity index (χ2v) is 7.49. The summed E-state index contributed by atoms with van der Waals surface area (Å²) in [5.74, 6) is -0.134. The average Bonchev–Trinajstić information content (AvgIpc) is 3.33. The number of aryl methyl sites for hydroxylation is 1. The number of halogens is 2. The molecule has 0 unspecified atom stereocenters. The number of nitrogens with zero attached hydrogens (tertiary/aromatic N) is 4. The van der Waals surface area contributed by atoms with E-state index in [4.69, 9.17) is 11.6 Å². The van der Waals surface area contributed by atoms with Crippen molar-refractivity contribution >= 4 is 23.2 Å². The summed E-state index contributed by atoms with van der Waals surface area (Å²) in [6.07, 6.45) is 3.44. The van der Waals surface area contributed by atoms with Crippen molar-refractivity contribution in [2.24, 2.45) is 0 Å². The first-order valence-corrected chi connectivity index (χ1v) is 9.50. The second kappa shape index (κ2) is 7.31. The Morgan fingerprint density at radius 1 is 1.21 bits per heavy atom. The zero-order valence-corrected chi connectivity index (χ0v) is 16.1. The molecule has 1 aromatic heterocycles. The van der Waals surface area contributed by atoms with Crippen molar-refractivity contribution < 1.29 is 9.18 Å². The molecule has 1 saturated carbocycles. The van der Waals surface area contributed by atoms with Gasteiger partial charge >= 0.3 is 0 Å². The van der Waals surface area contributed by atoms with Crippen molar-refractivity contribution in [1.29, 1.82) is 0 Å². The van der Waals surface area contributed by atoms with Crippen molar-refractivity contribution in [3.63, 3.8) is 0 Å². The summed E-state index contributed by atoms with van der Waals surface area (Å²) in [5, 5.41) is 14.7. The van der Waals surface area contributed by atoms with E-state index < -0.39 is 11.2 Å². The van der Waals surface area contributed by atoms with Gasteiger partial charge in [0.2, 0.25) is 5.91 Å². The highest BCUT2D eigenvalue weighted by Gasteiger charge is 2.42. The van der Waals surface area contributed by atoms with Gasteiger partial charge in [-0.1, -0.05) is 36.6 Å². The molecule has 28 heavy (non-hydrogen) atoms. The van der Waals surface area contributed by atoms with Gasteiger partial charge in [-0.05, 0) is 66.1 Å². The van der Waals surface area contributed by atoms with Gasteiger partial charge in [0.1, 0.15) is 11.5 Å². The maximum absolute atomic E-state index is 14.3. The summed E-state index contributed by atoms with van der Waals surface area (Å²) in [5.41, 5.74) is 0.950. The maximum atomic E-state index is 14.3. The molecule has 8 heteroatoms. The fourth-order valence-electron chi connectivity index (χ4n) is 3.87. The fraction of sp³-hybridized carbons (Fsp3) is 0.300. The summed E-state index contributed by atoms with van der Waals surface area (Å²) in [6, 6.07) is 11.8. The number of anilines is 1. The van der Waals surface area contributed by atoms with Crippen LogP contribution in [0.15, 0.2) is 42.5 Å². The third-order valence-electron chi connectivity index (χ3n) is 5.33. The molecule has 1 fully saturated rings. The molecule has 1 heterocycles. The van der Waals surface area contributed by atoms with E-state index in [1.807, 2.05) is 18.2 Å². The number of hydrogen-bond donors (Lipinski definition) is 1. The number of amides is 1. The van der Waals surface area contributed by atoms with Crippen LogP contribution >= 0.6 is 11.6 Å². The Hall–Kier alpha value is -2.80. The maximum Gasteiger partial charge on any atom is 0.235 e. The highest BCUT2D eigenvalue weighted by atomic mass is 35.5. The average molecular weight is 400 g/mol. The minimum atomic E-state index is -0.635. The van der Waals surface area contributed by atoms with Crippen molar-refractivity contribution in [3.05, 3.63) is 64.7 Å². The Morgan fingerprint density at radius 2 is 2.00 bits per heavy atom. The topological polar surface area (TPSA) is 72.7 Å². The minimum Gasteiger partial charge on any atom is -0.325 e. The van der Waals surface area contributed by atoms with Gasteiger partial charge in [0.25, 0.3) is 0 Å². The van der Waals surface area contributed by atoms with Crippen LogP contribution in [-0.4, -0.2) is 26.1 Å². The molecular weight excluding hydrogens is 381 g/mol. The van der Waals surface area contributed by atoms with Crippen LogP contribution in [0.1, 0.15) is 37.1 Å². The summed E-state index contributed by atoms with van der Waals surface area (Å²) in [4.78, 5) is 13.3. The first-order valence-electron chi connectivity index (χ1n) is 9.12. The number of tetrazole rings is 1. The number of rotatable bonds is 4. The Balaban J connectivity index is 1.67. The Labute approximate surface area is 166 Å². The van der Waals surface area contributed by atoms with Crippen LogP contribution in [0.25, 0.3) is 5.69 Å². The van der Waals surface area contributed by atoms with Gasteiger partial charge in [0.05, 0.1) is 5.41 Å². The fourth-order valence-corrected chi connectivity index (χ4v) is 4.06. The Bertz CT molecular complexity index is 1030. The molecule has 144 valence electrons. The number of hydrogen-bond acceptors (Lipinski definition) is 4. The van der Waals surface area contributed by atoms with Crippen LogP contribution < -0.4 is 5.32 Å². The summed E-state index contributed by atoms with van der Waals surface area (Å²) in [6.45, 7) is 1.68. The summed E-state index contributed by atoms with van der Waals surface area (Å²) < 4.78 is 15.6. The number of carbonyl (C=O) groups excluding carboxylic acids is 1. The van der Waals surface area contributed by atoms with Crippen LogP contribution in [0.2, 0.25) is 5.02 Å². The lowest BCUT2D eigenvalue weighted by Gasteiger charge is -2.28. The molecule has 6 nitrogen and oxygen atoms in total. The molecule has 3 aromatic rings. The first kappa shape index (κ1) is 18.6. The van der Waals surface area contributed by atoms with Gasteiger partial charge in [-0.25, -0.2) is 4.39 Å². The van der Waals surface area contributed by atoms with Gasteiger partial charge in [-0.2, -0.15) is 4.68 Å². The lowest BCUT2D eigenvalue weighted by molar-refractivity contribution is -0.121. The molecule has 0 aliphatic heterocycles. The summed E-state index contributed by atoms with van der Waals surface area (Å²) >= 11 is 6.17. The number of carbonyl (C=O) groups is 1. The van der Waals surface area contributed by atoms with Crippen LogP contribution in [-0.2, 0) is 10.2 Å². The van der Waals surface area contributed by atoms with E-state index in [9.17, 15) is 9.18 Å². The van der Waals surface area contributed by atoms with E-state index in [-0.39, 0.29) is 11.6 Å². The van der Waals surface area contributed by atoms with Gasteiger partial charge in [-0.15, -0.1) is 5.10 Å². The van der Waals surface area contributed by atoms with E-state index in [0.717, 1.165) is 31.2 Å². The number of benzene rings is 2. The zero-order chi connectivity index (χ0) is 19.7. The molecular formula is C20H19ClFN5O. The highest BCUT2D eigenvalue weighted by Crippen LogP contribution is 2.42. The van der Waals surface area contributed by atoms with Gasteiger partial charge < -0.3 is 5.32 Å². The van der Waals surface area contributed by atoms with E-state index in [2.05, 4.69) is 20.8 Å². The molecule has 1 aliphatic rings. The second-order valence-electron chi connectivity index (χ2n) is 7.06. The van der Waals surface area contributed by atoms with Crippen molar-refractivity contribution in [2.45, 2.75) is 38.0 Å². The third-order valence-corrected chi connectivity index (χ3v) is 5.56. The minimum absolute atomic E-state index is 0.113. The van der Waals surface area contributed by atoms with E-state index >= 15 is 0 Å². The van der Waals surface area contributed by atoms with Crippen LogP contribution in [0.3, 0.4) is 0 Å².